The average molecular weight is 307 g/mol. The van der Waals surface area contributed by atoms with Crippen molar-refractivity contribution in [3.63, 3.8) is 0 Å². The third-order valence-electron chi connectivity index (χ3n) is 3.29. The quantitative estimate of drug-likeness (QED) is 0.943. The molecule has 1 atom stereocenters. The van der Waals surface area contributed by atoms with E-state index < -0.39 is 11.6 Å². The number of nitrogens with two attached hydrogens (primary N) is 1. The first-order chi connectivity index (χ1) is 10.7. The fourth-order valence-electron chi connectivity index (χ4n) is 2.10. The smallest absolute Gasteiger partial charge is 0.165 e. The fourth-order valence-corrected chi connectivity index (χ4v) is 2.10. The van der Waals surface area contributed by atoms with E-state index in [9.17, 15) is 8.78 Å². The number of benzene rings is 2. The van der Waals surface area contributed by atoms with Gasteiger partial charge in [0.25, 0.3) is 0 Å². The Bertz CT molecular complexity index is 678. The van der Waals surface area contributed by atoms with Crippen LogP contribution in [0.5, 0.6) is 17.2 Å². The molecule has 0 aliphatic carbocycles. The molecule has 6 heteroatoms. The topological polar surface area (TPSA) is 53.7 Å². The molecule has 0 fully saturated rings. The summed E-state index contributed by atoms with van der Waals surface area (Å²) >= 11 is 0. The Morgan fingerprint density at radius 2 is 1.95 bits per heavy atom. The molecule has 0 spiro atoms. The van der Waals surface area contributed by atoms with Crippen molar-refractivity contribution in [2.24, 2.45) is 5.73 Å². The molecule has 0 unspecified atom stereocenters. The van der Waals surface area contributed by atoms with Crippen LogP contribution in [0.1, 0.15) is 5.56 Å². The van der Waals surface area contributed by atoms with Gasteiger partial charge < -0.3 is 19.9 Å². The monoisotopic (exact) mass is 307 g/mol. The zero-order chi connectivity index (χ0) is 15.5. The molecule has 2 aromatic rings. The summed E-state index contributed by atoms with van der Waals surface area (Å²) in [6.45, 7) is 0.898. The van der Waals surface area contributed by atoms with Crippen molar-refractivity contribution < 1.29 is 23.0 Å². The highest BCUT2D eigenvalue weighted by Crippen LogP contribution is 2.35. The maximum Gasteiger partial charge on any atom is 0.165 e. The lowest BCUT2D eigenvalue weighted by Crippen LogP contribution is -2.35. The van der Waals surface area contributed by atoms with E-state index in [1.165, 1.54) is 6.07 Å². The van der Waals surface area contributed by atoms with Crippen LogP contribution in [0.15, 0.2) is 36.4 Å². The van der Waals surface area contributed by atoms with Crippen molar-refractivity contribution in [2.75, 3.05) is 13.2 Å². The molecule has 0 saturated heterocycles. The minimum atomic E-state index is -0.894. The molecule has 2 aromatic carbocycles. The maximum absolute atomic E-state index is 13.1. The maximum atomic E-state index is 13.1. The van der Waals surface area contributed by atoms with Gasteiger partial charge in [-0.1, -0.05) is 6.07 Å². The highest BCUT2D eigenvalue weighted by atomic mass is 19.2. The van der Waals surface area contributed by atoms with Crippen molar-refractivity contribution in [3.8, 4) is 17.2 Å². The largest absolute Gasteiger partial charge is 0.489 e. The molecule has 0 aromatic heterocycles. The van der Waals surface area contributed by atoms with Crippen LogP contribution < -0.4 is 19.9 Å². The molecule has 0 bridgehead atoms. The van der Waals surface area contributed by atoms with Gasteiger partial charge in [0.05, 0.1) is 0 Å². The molecule has 4 nitrogen and oxygen atoms in total. The van der Waals surface area contributed by atoms with Gasteiger partial charge in [0, 0.05) is 12.6 Å². The molecule has 0 radical (unpaired) electrons. The van der Waals surface area contributed by atoms with Gasteiger partial charge in [0.15, 0.2) is 23.1 Å². The lowest BCUT2D eigenvalue weighted by atomic mass is 10.2. The highest BCUT2D eigenvalue weighted by Gasteiger charge is 2.20. The van der Waals surface area contributed by atoms with Crippen molar-refractivity contribution in [1.82, 2.24) is 0 Å². The Morgan fingerprint density at radius 1 is 1.09 bits per heavy atom. The molecular weight excluding hydrogens is 292 g/mol. The van der Waals surface area contributed by atoms with Crippen LogP contribution in [0, 0.1) is 11.6 Å². The summed E-state index contributed by atoms with van der Waals surface area (Å²) in [6, 6.07) is 8.81. The number of ether oxygens (including phenoxy) is 3. The number of rotatable bonds is 4. The van der Waals surface area contributed by atoms with Crippen molar-refractivity contribution >= 4 is 0 Å². The van der Waals surface area contributed by atoms with Gasteiger partial charge >= 0.3 is 0 Å². The minimum Gasteiger partial charge on any atom is -0.489 e. The molecule has 116 valence electrons. The third-order valence-corrected chi connectivity index (χ3v) is 3.29. The number of hydrogen-bond acceptors (Lipinski definition) is 4. The van der Waals surface area contributed by atoms with Gasteiger partial charge in [0.1, 0.15) is 25.1 Å². The fraction of sp³-hybridized carbons (Fsp3) is 0.250. The van der Waals surface area contributed by atoms with Gasteiger partial charge in [-0.25, -0.2) is 8.78 Å². The highest BCUT2D eigenvalue weighted by molar-refractivity contribution is 5.46. The van der Waals surface area contributed by atoms with E-state index >= 15 is 0 Å². The number of hydrogen-bond donors (Lipinski definition) is 1. The van der Waals surface area contributed by atoms with E-state index in [4.69, 9.17) is 19.9 Å². The Labute approximate surface area is 126 Å². The molecule has 0 saturated carbocycles. The summed E-state index contributed by atoms with van der Waals surface area (Å²) in [7, 11) is 0. The minimum absolute atomic E-state index is 0.122. The number of fused-ring (bicyclic) bond motifs is 1. The van der Waals surface area contributed by atoms with E-state index in [0.29, 0.717) is 36.0 Å². The normalized spacial score (nSPS) is 16.4. The molecule has 22 heavy (non-hydrogen) atoms. The molecule has 1 aliphatic rings. The standard InChI is InChI=1S/C16H15F2NO3/c17-13-3-1-10(5-14(13)18)8-20-11-2-4-15-16(6-11)22-12(7-19)9-21-15/h1-6,12H,7-9,19H2/t12-/m1/s1. The van der Waals surface area contributed by atoms with Crippen molar-refractivity contribution in [1.29, 1.82) is 0 Å². The van der Waals surface area contributed by atoms with Gasteiger partial charge in [0.2, 0.25) is 0 Å². The molecule has 2 N–H and O–H groups in total. The van der Waals surface area contributed by atoms with Crippen LogP contribution in [0.2, 0.25) is 0 Å². The third kappa shape index (κ3) is 3.12. The predicted octanol–water partition coefficient (Wildman–Crippen LogP) is 2.64. The Hall–Kier alpha value is -2.34. The van der Waals surface area contributed by atoms with Crippen molar-refractivity contribution in [3.05, 3.63) is 53.6 Å². The van der Waals surface area contributed by atoms with Gasteiger partial charge in [-0.2, -0.15) is 0 Å². The van der Waals surface area contributed by atoms with Crippen LogP contribution in [-0.4, -0.2) is 19.3 Å². The first kappa shape index (κ1) is 14.6. The Morgan fingerprint density at radius 3 is 2.73 bits per heavy atom. The van der Waals surface area contributed by atoms with E-state index in [1.807, 2.05) is 0 Å². The summed E-state index contributed by atoms with van der Waals surface area (Å²) in [6.07, 6.45) is -0.186. The van der Waals surface area contributed by atoms with E-state index in [0.717, 1.165) is 12.1 Å². The van der Waals surface area contributed by atoms with Crippen LogP contribution in [0.4, 0.5) is 8.78 Å². The molecule has 0 amide bonds. The second-order valence-electron chi connectivity index (χ2n) is 4.93. The van der Waals surface area contributed by atoms with E-state index in [-0.39, 0.29) is 12.7 Å². The zero-order valence-corrected chi connectivity index (χ0v) is 11.7. The van der Waals surface area contributed by atoms with Crippen LogP contribution in [0.25, 0.3) is 0 Å². The first-order valence-electron chi connectivity index (χ1n) is 6.86. The number of halogens is 2. The van der Waals surface area contributed by atoms with Gasteiger partial charge in [-0.3, -0.25) is 0 Å². The van der Waals surface area contributed by atoms with Gasteiger partial charge in [-0.15, -0.1) is 0 Å². The molecule has 1 heterocycles. The van der Waals surface area contributed by atoms with E-state index in [2.05, 4.69) is 0 Å². The summed E-state index contributed by atoms with van der Waals surface area (Å²) in [4.78, 5) is 0. The second-order valence-corrected chi connectivity index (χ2v) is 4.93. The van der Waals surface area contributed by atoms with Crippen molar-refractivity contribution in [2.45, 2.75) is 12.7 Å². The summed E-state index contributed by atoms with van der Waals surface area (Å²) in [5.41, 5.74) is 6.09. The molecular formula is C16H15F2NO3. The first-order valence-corrected chi connectivity index (χ1v) is 6.86. The molecule has 3 rings (SSSR count). The SMILES string of the molecule is NC[C@@H]1COc2ccc(OCc3ccc(F)c(F)c3)cc2O1. The Balaban J connectivity index is 1.69. The lowest BCUT2D eigenvalue weighted by molar-refractivity contribution is 0.0962. The summed E-state index contributed by atoms with van der Waals surface area (Å²) in [5, 5.41) is 0. The summed E-state index contributed by atoms with van der Waals surface area (Å²) < 4.78 is 42.8. The van der Waals surface area contributed by atoms with Crippen LogP contribution >= 0.6 is 0 Å². The average Bonchev–Trinajstić information content (AvgIpc) is 2.55. The lowest BCUT2D eigenvalue weighted by Gasteiger charge is -2.25. The van der Waals surface area contributed by atoms with E-state index in [1.54, 1.807) is 18.2 Å². The summed E-state index contributed by atoms with van der Waals surface area (Å²) in [5.74, 6) is -0.0379. The van der Waals surface area contributed by atoms with Gasteiger partial charge in [-0.05, 0) is 29.8 Å². The Kier molecular flexibility index (Phi) is 4.11. The zero-order valence-electron chi connectivity index (χ0n) is 11.7. The molecule has 1 aliphatic heterocycles. The van der Waals surface area contributed by atoms with Crippen LogP contribution in [0.3, 0.4) is 0 Å². The van der Waals surface area contributed by atoms with Crippen LogP contribution in [-0.2, 0) is 6.61 Å². The second kappa shape index (κ2) is 6.19. The predicted molar refractivity (Wildman–Crippen MR) is 76.1 cm³/mol.